The monoisotopic (exact) mass is 592 g/mol. The second-order valence-electron chi connectivity index (χ2n) is 10.6. The lowest BCUT2D eigenvalue weighted by atomic mass is 9.74. The Morgan fingerprint density at radius 1 is 1.10 bits per heavy atom. The van der Waals surface area contributed by atoms with E-state index in [4.69, 9.17) is 4.74 Å². The number of aromatic nitrogens is 3. The SMILES string of the molecule is CCS(=O)(=O)NC(=O)c1cnn2c(Nc3cccc(C)c3)c(C(=O)N3CCC4(CC3)COc3cc(F)ccc34)cnc12. The number of fused-ring (bicyclic) bond motifs is 3. The standard InChI is InChI=1S/C29H29FN6O5S/c1-3-42(39,40)34-27(37)21-16-32-36-25(21)31-15-22(26(36)33-20-6-4-5-18(2)13-20)28(38)35-11-9-29(10-12-35)17-41-24-14-19(30)7-8-23(24)29/h4-8,13-16,33H,3,9-12,17H2,1-2H3,(H,34,37). The first-order chi connectivity index (χ1) is 20.1. The number of rotatable bonds is 6. The van der Waals surface area contributed by atoms with Gasteiger partial charge in [0.1, 0.15) is 28.5 Å². The summed E-state index contributed by atoms with van der Waals surface area (Å²) < 4.78 is 46.9. The first-order valence-corrected chi connectivity index (χ1v) is 15.2. The molecule has 4 aromatic rings. The van der Waals surface area contributed by atoms with Gasteiger partial charge in [-0.3, -0.25) is 9.59 Å². The van der Waals surface area contributed by atoms with Crippen LogP contribution in [0.4, 0.5) is 15.9 Å². The van der Waals surface area contributed by atoms with Gasteiger partial charge >= 0.3 is 0 Å². The van der Waals surface area contributed by atoms with E-state index in [1.54, 1.807) is 11.0 Å². The lowest BCUT2D eigenvalue weighted by Gasteiger charge is -2.38. The number of amides is 2. The van der Waals surface area contributed by atoms with Crippen LogP contribution >= 0.6 is 0 Å². The molecule has 2 amide bonds. The molecule has 13 heteroatoms. The summed E-state index contributed by atoms with van der Waals surface area (Å²) in [5, 5.41) is 7.57. The molecule has 1 fully saturated rings. The Kier molecular flexibility index (Phi) is 6.84. The Morgan fingerprint density at radius 3 is 2.62 bits per heavy atom. The summed E-state index contributed by atoms with van der Waals surface area (Å²) in [4.78, 5) is 32.8. The molecule has 4 heterocycles. The Labute approximate surface area is 241 Å². The molecule has 2 aromatic carbocycles. The molecule has 218 valence electrons. The molecule has 0 bridgehead atoms. The molecular formula is C29H29FN6O5S. The molecule has 0 atom stereocenters. The average Bonchev–Trinajstić information content (AvgIpc) is 3.55. The minimum Gasteiger partial charge on any atom is -0.492 e. The first-order valence-electron chi connectivity index (χ1n) is 13.6. The summed E-state index contributed by atoms with van der Waals surface area (Å²) in [5.74, 6) is -0.905. The minimum absolute atomic E-state index is 0.0467. The third-order valence-electron chi connectivity index (χ3n) is 7.94. The van der Waals surface area contributed by atoms with Crippen LogP contribution in [0.3, 0.4) is 0 Å². The lowest BCUT2D eigenvalue weighted by molar-refractivity contribution is 0.0646. The van der Waals surface area contributed by atoms with E-state index in [9.17, 15) is 22.4 Å². The number of hydrogen-bond donors (Lipinski definition) is 2. The number of hydrogen-bond acceptors (Lipinski definition) is 8. The molecule has 6 rings (SSSR count). The highest BCUT2D eigenvalue weighted by atomic mass is 32.2. The van der Waals surface area contributed by atoms with E-state index in [1.165, 1.54) is 36.0 Å². The summed E-state index contributed by atoms with van der Waals surface area (Å²) in [5.41, 5.74) is 2.65. The topological polar surface area (TPSA) is 135 Å². The van der Waals surface area contributed by atoms with Crippen molar-refractivity contribution in [3.63, 3.8) is 0 Å². The smallest absolute Gasteiger partial charge is 0.270 e. The van der Waals surface area contributed by atoms with E-state index >= 15 is 0 Å². The molecule has 1 saturated heterocycles. The van der Waals surface area contributed by atoms with E-state index in [2.05, 4.69) is 15.4 Å². The number of sulfonamides is 1. The lowest BCUT2D eigenvalue weighted by Crippen LogP contribution is -2.46. The molecule has 2 aromatic heterocycles. The molecule has 42 heavy (non-hydrogen) atoms. The van der Waals surface area contributed by atoms with Crippen molar-refractivity contribution >= 4 is 39.0 Å². The van der Waals surface area contributed by atoms with Crippen molar-refractivity contribution in [3.8, 4) is 5.75 Å². The van der Waals surface area contributed by atoms with Crippen molar-refractivity contribution in [2.45, 2.75) is 32.1 Å². The van der Waals surface area contributed by atoms with Gasteiger partial charge in [-0.2, -0.15) is 9.61 Å². The molecule has 2 aliphatic heterocycles. The molecule has 11 nitrogen and oxygen atoms in total. The second kappa shape index (κ2) is 10.4. The summed E-state index contributed by atoms with van der Waals surface area (Å²) in [7, 11) is -3.81. The van der Waals surface area contributed by atoms with Crippen LogP contribution in [0.5, 0.6) is 5.75 Å². The van der Waals surface area contributed by atoms with Crippen molar-refractivity contribution in [2.75, 3.05) is 30.8 Å². The van der Waals surface area contributed by atoms with Crippen molar-refractivity contribution in [1.29, 1.82) is 0 Å². The maximum absolute atomic E-state index is 13.9. The average molecular weight is 593 g/mol. The van der Waals surface area contributed by atoms with Gasteiger partial charge in [-0.25, -0.2) is 22.5 Å². The van der Waals surface area contributed by atoms with Crippen LogP contribution in [0, 0.1) is 12.7 Å². The van der Waals surface area contributed by atoms with Crippen LogP contribution in [0.2, 0.25) is 0 Å². The van der Waals surface area contributed by atoms with Gasteiger partial charge in [-0.15, -0.1) is 0 Å². The highest BCUT2D eigenvalue weighted by Gasteiger charge is 2.44. The van der Waals surface area contributed by atoms with Gasteiger partial charge in [0, 0.05) is 42.0 Å². The van der Waals surface area contributed by atoms with Crippen LogP contribution < -0.4 is 14.8 Å². The number of nitrogens with one attached hydrogen (secondary N) is 2. The zero-order chi connectivity index (χ0) is 29.6. The molecule has 2 N–H and O–H groups in total. The quantitative estimate of drug-likeness (QED) is 0.347. The molecule has 0 saturated carbocycles. The molecule has 0 aliphatic carbocycles. The third-order valence-corrected chi connectivity index (χ3v) is 9.19. The number of ether oxygens (including phenoxy) is 1. The number of halogens is 1. The van der Waals surface area contributed by atoms with Crippen molar-refractivity contribution in [3.05, 3.63) is 82.9 Å². The van der Waals surface area contributed by atoms with Crippen LogP contribution in [-0.2, 0) is 15.4 Å². The highest BCUT2D eigenvalue weighted by molar-refractivity contribution is 7.90. The predicted molar refractivity (Wildman–Crippen MR) is 153 cm³/mol. The van der Waals surface area contributed by atoms with Gasteiger partial charge in [-0.1, -0.05) is 18.2 Å². The van der Waals surface area contributed by atoms with Gasteiger partial charge < -0.3 is 15.0 Å². The summed E-state index contributed by atoms with van der Waals surface area (Å²) in [6.07, 6.45) is 3.89. The van der Waals surface area contributed by atoms with E-state index in [-0.39, 0.29) is 39.7 Å². The fourth-order valence-corrected chi connectivity index (χ4v) is 6.10. The molecular weight excluding hydrogens is 563 g/mol. The van der Waals surface area contributed by atoms with Gasteiger partial charge in [0.2, 0.25) is 10.0 Å². The summed E-state index contributed by atoms with van der Waals surface area (Å²) in [6, 6.07) is 12.2. The van der Waals surface area contributed by atoms with Crippen molar-refractivity contribution in [1.82, 2.24) is 24.2 Å². The normalized spacial score (nSPS) is 15.8. The Balaban J connectivity index is 1.33. The van der Waals surface area contributed by atoms with Crippen LogP contribution in [0.15, 0.2) is 54.9 Å². The van der Waals surface area contributed by atoms with E-state index < -0.39 is 15.9 Å². The molecule has 2 aliphatic rings. The second-order valence-corrected chi connectivity index (χ2v) is 12.7. The van der Waals surface area contributed by atoms with Gasteiger partial charge in [0.25, 0.3) is 11.8 Å². The Hall–Kier alpha value is -4.52. The van der Waals surface area contributed by atoms with Gasteiger partial charge in [0.05, 0.1) is 18.6 Å². The summed E-state index contributed by atoms with van der Waals surface area (Å²) >= 11 is 0. The predicted octanol–water partition coefficient (Wildman–Crippen LogP) is 3.57. The zero-order valence-corrected chi connectivity index (χ0v) is 23.9. The van der Waals surface area contributed by atoms with E-state index in [0.717, 1.165) is 11.1 Å². The van der Waals surface area contributed by atoms with Crippen LogP contribution in [-0.4, -0.2) is 65.2 Å². The minimum atomic E-state index is -3.81. The Morgan fingerprint density at radius 2 is 1.88 bits per heavy atom. The number of likely N-dealkylation sites (tertiary alicyclic amines) is 1. The number of piperidine rings is 1. The maximum Gasteiger partial charge on any atom is 0.270 e. The van der Waals surface area contributed by atoms with Gasteiger partial charge in [-0.05, 0) is 50.5 Å². The van der Waals surface area contributed by atoms with E-state index in [1.807, 2.05) is 35.9 Å². The fraction of sp³-hybridized carbons (Fsp3) is 0.310. The van der Waals surface area contributed by atoms with Crippen molar-refractivity contribution in [2.24, 2.45) is 0 Å². The number of carbonyl (C=O) groups excluding carboxylic acids is 2. The maximum atomic E-state index is 13.9. The molecule has 0 radical (unpaired) electrons. The number of carbonyl (C=O) groups is 2. The third kappa shape index (κ3) is 4.93. The zero-order valence-electron chi connectivity index (χ0n) is 23.1. The number of benzene rings is 2. The van der Waals surface area contributed by atoms with Gasteiger partial charge in [0.15, 0.2) is 5.65 Å². The Bertz CT molecular complexity index is 1830. The molecule has 1 spiro atoms. The number of aryl methyl sites for hydroxylation is 1. The number of nitrogens with zero attached hydrogens (tertiary/aromatic N) is 4. The first kappa shape index (κ1) is 27.6. The van der Waals surface area contributed by atoms with Crippen LogP contribution in [0.1, 0.15) is 51.6 Å². The van der Waals surface area contributed by atoms with Crippen LogP contribution in [0.25, 0.3) is 5.65 Å². The highest BCUT2D eigenvalue weighted by Crippen LogP contribution is 2.46. The number of anilines is 2. The van der Waals surface area contributed by atoms with Crippen molar-refractivity contribution < 1.29 is 27.1 Å². The fourth-order valence-electron chi connectivity index (χ4n) is 5.56. The largest absolute Gasteiger partial charge is 0.492 e. The molecule has 0 unspecified atom stereocenters. The van der Waals surface area contributed by atoms with E-state index in [0.29, 0.717) is 49.8 Å². The summed E-state index contributed by atoms with van der Waals surface area (Å²) in [6.45, 7) is 4.69.